The minimum atomic E-state index is -4.23. The summed E-state index contributed by atoms with van der Waals surface area (Å²) >= 11 is 3.05. The Morgan fingerprint density at radius 3 is 2.53 bits per heavy atom. The predicted molar refractivity (Wildman–Crippen MR) is 169 cm³/mol. The molecule has 0 aliphatic heterocycles. The zero-order chi connectivity index (χ0) is 30.7. The van der Waals surface area contributed by atoms with Gasteiger partial charge in [-0.1, -0.05) is 38.3 Å². The molecular formula is C30H36N3NaO6S3. The van der Waals surface area contributed by atoms with E-state index in [4.69, 9.17) is 9.47 Å². The second-order valence-electron chi connectivity index (χ2n) is 9.32. The monoisotopic (exact) mass is 653 g/mol. The summed E-state index contributed by atoms with van der Waals surface area (Å²) in [6, 6.07) is 9.91. The maximum Gasteiger partial charge on any atom is 1.00 e. The number of benzene rings is 2. The normalized spacial score (nSPS) is 11.0. The Hall–Kier alpha value is -2.22. The number of sulfonamides is 1. The average molecular weight is 654 g/mol. The van der Waals surface area contributed by atoms with Gasteiger partial charge in [0.1, 0.15) is 11.5 Å². The molecule has 0 unspecified atom stereocenters. The maximum absolute atomic E-state index is 14.0. The van der Waals surface area contributed by atoms with E-state index in [1.54, 1.807) is 43.3 Å². The minimum absolute atomic E-state index is 0. The first kappa shape index (κ1) is 37.0. The number of carbonyl (C=O) groups excluding carboxylic acids is 1. The molecule has 0 N–H and O–H groups in total. The van der Waals surface area contributed by atoms with Gasteiger partial charge in [-0.3, -0.25) is 14.3 Å². The summed E-state index contributed by atoms with van der Waals surface area (Å²) in [5.74, 6) is 1.12. The first-order valence-electron chi connectivity index (χ1n) is 13.4. The number of ether oxygens (including phenoxy) is 2. The van der Waals surface area contributed by atoms with Crippen LogP contribution in [0.1, 0.15) is 54.2 Å². The van der Waals surface area contributed by atoms with Crippen LogP contribution < -0.4 is 48.4 Å². The third kappa shape index (κ3) is 9.63. The Morgan fingerprint density at radius 2 is 1.88 bits per heavy atom. The van der Waals surface area contributed by atoms with Gasteiger partial charge in [-0.15, -0.1) is 23.5 Å². The van der Waals surface area contributed by atoms with Crippen LogP contribution in [0.5, 0.6) is 11.5 Å². The first-order chi connectivity index (χ1) is 20.2. The van der Waals surface area contributed by atoms with Crippen LogP contribution in [0.2, 0.25) is 0 Å². The summed E-state index contributed by atoms with van der Waals surface area (Å²) in [4.78, 5) is 21.0. The second-order valence-corrected chi connectivity index (χ2v) is 13.2. The molecule has 0 aliphatic carbocycles. The van der Waals surface area contributed by atoms with Crippen LogP contribution in [0.4, 0.5) is 11.4 Å². The molecule has 3 aromatic rings. The Kier molecular flexibility index (Phi) is 15.4. The summed E-state index contributed by atoms with van der Waals surface area (Å²) in [6.07, 6.45) is 6.35. The minimum Gasteiger partial charge on any atom is -0.545 e. The fourth-order valence-corrected chi connectivity index (χ4v) is 8.27. The second kappa shape index (κ2) is 17.9. The summed E-state index contributed by atoms with van der Waals surface area (Å²) in [5, 5.41) is 11.5. The van der Waals surface area contributed by atoms with Crippen LogP contribution >= 0.6 is 23.5 Å². The van der Waals surface area contributed by atoms with Crippen LogP contribution in [-0.2, 0) is 15.8 Å². The average Bonchev–Trinajstić information content (AvgIpc) is 2.99. The van der Waals surface area contributed by atoms with Crippen LogP contribution in [0.25, 0.3) is 0 Å². The number of methoxy groups -OCH3 is 2. The number of unbranched alkanes of at least 4 members (excludes halogenated alkanes) is 3. The van der Waals surface area contributed by atoms with Crippen LogP contribution in [0.15, 0.2) is 63.4 Å². The van der Waals surface area contributed by atoms with Gasteiger partial charge in [0.15, 0.2) is 0 Å². The summed E-state index contributed by atoms with van der Waals surface area (Å²) < 4.78 is 40.2. The molecule has 0 aliphatic rings. The standard InChI is InChI=1S/C30H37N3O6S3.Na/c1-6-7-8-9-15-41-29-26(32-18-21(2)28(29)39-5)19-40-20-33(27-14-13-23(38-4)17-25(27)31-3)42(36,37)24-12-10-11-22(16-24)30(34)35;/h10-14,16-18H,3,6-9,15,19-20H2,1-2,4-5H3,(H,34,35);/q;+1/p-1. The number of hydrogen-bond acceptors (Lipinski definition) is 10. The quantitative estimate of drug-likeness (QED) is 0.0712. The number of carboxylic acids is 1. The van der Waals surface area contributed by atoms with Crippen molar-refractivity contribution in [3.63, 3.8) is 0 Å². The molecular weight excluding hydrogens is 618 g/mol. The number of nitrogens with zero attached hydrogens (tertiary/aromatic N) is 3. The topological polar surface area (TPSA) is 121 Å². The molecule has 0 bridgehead atoms. The van der Waals surface area contributed by atoms with Crippen molar-refractivity contribution < 1.29 is 57.3 Å². The van der Waals surface area contributed by atoms with Crippen molar-refractivity contribution in [3.8, 4) is 11.5 Å². The van der Waals surface area contributed by atoms with E-state index in [2.05, 4.69) is 23.6 Å². The Bertz CT molecular complexity index is 1500. The third-order valence-corrected chi connectivity index (χ3v) is 10.5. The number of hydrogen-bond donors (Lipinski definition) is 0. The molecule has 0 amide bonds. The third-order valence-electron chi connectivity index (χ3n) is 6.42. The molecule has 1 heterocycles. The Labute approximate surface area is 285 Å². The van der Waals surface area contributed by atoms with E-state index in [1.165, 1.54) is 47.8 Å². The molecule has 0 saturated carbocycles. The summed E-state index contributed by atoms with van der Waals surface area (Å²) in [6.45, 7) is 7.74. The van der Waals surface area contributed by atoms with Gasteiger partial charge >= 0.3 is 29.6 Å². The number of aromatic carboxylic acids is 1. The SMILES string of the molecule is C=Nc1cc(OC)ccc1N(CSCc1ncc(C)c(OC)c1SCCCCCC)S(=O)(=O)c1cccc(C(=O)[O-])c1.[Na+]. The van der Waals surface area contributed by atoms with Crippen molar-refractivity contribution in [1.29, 1.82) is 0 Å². The Balaban J connectivity index is 0.00000645. The van der Waals surface area contributed by atoms with Gasteiger partial charge in [0, 0.05) is 23.6 Å². The summed E-state index contributed by atoms with van der Waals surface area (Å²) in [5.41, 5.74) is 2.07. The zero-order valence-corrected chi connectivity index (χ0v) is 29.7. The number of aromatic nitrogens is 1. The van der Waals surface area contributed by atoms with Crippen LogP contribution in [0.3, 0.4) is 0 Å². The van der Waals surface area contributed by atoms with Crippen LogP contribution in [-0.4, -0.2) is 51.9 Å². The number of carbonyl (C=O) groups is 1. The van der Waals surface area contributed by atoms with Gasteiger partial charge in [-0.05, 0) is 55.6 Å². The molecule has 0 atom stereocenters. The van der Waals surface area contributed by atoms with Crippen molar-refractivity contribution in [2.24, 2.45) is 4.99 Å². The molecule has 13 heteroatoms. The van der Waals surface area contributed by atoms with E-state index in [1.807, 2.05) is 6.92 Å². The van der Waals surface area contributed by atoms with E-state index in [0.717, 1.165) is 53.0 Å². The molecule has 0 fully saturated rings. The number of thioether (sulfide) groups is 2. The molecule has 1 aromatic heterocycles. The van der Waals surface area contributed by atoms with Crippen molar-refractivity contribution >= 4 is 57.6 Å². The molecule has 0 spiro atoms. The molecule has 9 nitrogen and oxygen atoms in total. The van der Waals surface area contributed by atoms with Gasteiger partial charge in [0.05, 0.1) is 52.9 Å². The number of aliphatic imine (C=N–C) groups is 1. The number of pyridine rings is 1. The van der Waals surface area contributed by atoms with Gasteiger partial charge in [0.25, 0.3) is 10.0 Å². The fourth-order valence-electron chi connectivity index (χ4n) is 4.18. The van der Waals surface area contributed by atoms with Gasteiger partial charge in [0.2, 0.25) is 0 Å². The summed E-state index contributed by atoms with van der Waals surface area (Å²) in [7, 11) is -1.09. The number of rotatable bonds is 17. The van der Waals surface area contributed by atoms with Crippen molar-refractivity contribution in [3.05, 3.63) is 65.5 Å². The molecule has 0 radical (unpaired) electrons. The smallest absolute Gasteiger partial charge is 0.545 e. The van der Waals surface area contributed by atoms with Gasteiger partial charge < -0.3 is 19.4 Å². The predicted octanol–water partition coefficient (Wildman–Crippen LogP) is 2.87. The zero-order valence-electron chi connectivity index (χ0n) is 25.3. The van der Waals surface area contributed by atoms with Crippen LogP contribution in [0, 0.1) is 6.92 Å². The maximum atomic E-state index is 14.0. The molecule has 43 heavy (non-hydrogen) atoms. The van der Waals surface area contributed by atoms with E-state index in [9.17, 15) is 18.3 Å². The molecule has 2 aromatic carbocycles. The molecule has 226 valence electrons. The first-order valence-corrected chi connectivity index (χ1v) is 17.0. The largest absolute Gasteiger partial charge is 1.00 e. The van der Waals surface area contributed by atoms with Gasteiger partial charge in [-0.2, -0.15) is 0 Å². The Morgan fingerprint density at radius 1 is 1.12 bits per heavy atom. The van der Waals surface area contributed by atoms with E-state index in [0.29, 0.717) is 17.2 Å². The number of carboxylic acid groups (broad SMARTS) is 1. The number of anilines is 1. The van der Waals surface area contributed by atoms with Crippen molar-refractivity contribution in [2.45, 2.75) is 55.1 Å². The molecule has 0 saturated heterocycles. The van der Waals surface area contributed by atoms with Crippen molar-refractivity contribution in [2.75, 3.05) is 30.2 Å². The van der Waals surface area contributed by atoms with E-state index < -0.39 is 16.0 Å². The van der Waals surface area contributed by atoms with E-state index in [-0.39, 0.29) is 51.6 Å². The van der Waals surface area contributed by atoms with Gasteiger partial charge in [-0.25, -0.2) is 8.42 Å². The molecule has 3 rings (SSSR count). The number of aryl methyl sites for hydroxylation is 1. The van der Waals surface area contributed by atoms with Crippen molar-refractivity contribution in [1.82, 2.24) is 4.98 Å². The van der Waals surface area contributed by atoms with E-state index >= 15 is 0 Å². The fraction of sp³-hybridized carbons (Fsp3) is 0.367.